The van der Waals surface area contributed by atoms with Gasteiger partial charge in [-0.25, -0.2) is 8.78 Å². The van der Waals surface area contributed by atoms with Gasteiger partial charge in [0.2, 0.25) is 0 Å². The third-order valence-electron chi connectivity index (χ3n) is 2.50. The molecular formula is C15H10F2O. The number of benzene rings is 2. The van der Waals surface area contributed by atoms with Crippen molar-refractivity contribution in [3.05, 3.63) is 53.6 Å². The number of phenolic OH excluding ortho intramolecular Hbond substituents is 1. The first-order chi connectivity index (χ1) is 8.61. The Labute approximate surface area is 104 Å². The fraction of sp³-hybridized carbons (Fsp3) is 0.0667. The van der Waals surface area contributed by atoms with Crippen LogP contribution in [0.4, 0.5) is 8.78 Å². The van der Waals surface area contributed by atoms with Crippen LogP contribution in [-0.4, -0.2) is 5.11 Å². The molecule has 90 valence electrons. The number of rotatable bonds is 1. The molecule has 0 heterocycles. The quantitative estimate of drug-likeness (QED) is 0.758. The van der Waals surface area contributed by atoms with Crippen LogP contribution in [0.1, 0.15) is 12.5 Å². The van der Waals surface area contributed by atoms with Gasteiger partial charge in [-0.3, -0.25) is 0 Å². The van der Waals surface area contributed by atoms with Gasteiger partial charge in [0.15, 0.2) is 11.6 Å². The van der Waals surface area contributed by atoms with E-state index in [1.165, 1.54) is 18.2 Å². The van der Waals surface area contributed by atoms with Gasteiger partial charge >= 0.3 is 0 Å². The van der Waals surface area contributed by atoms with E-state index in [1.54, 1.807) is 19.1 Å². The molecule has 2 aromatic carbocycles. The lowest BCUT2D eigenvalue weighted by Gasteiger charge is -2.05. The first-order valence-corrected chi connectivity index (χ1v) is 5.33. The molecule has 0 atom stereocenters. The van der Waals surface area contributed by atoms with Gasteiger partial charge in [-0.15, -0.1) is 5.92 Å². The Hall–Kier alpha value is -2.34. The highest BCUT2D eigenvalue weighted by Gasteiger charge is 2.08. The first-order valence-electron chi connectivity index (χ1n) is 5.33. The van der Waals surface area contributed by atoms with Crippen molar-refractivity contribution in [3.8, 4) is 28.7 Å². The second-order valence-corrected chi connectivity index (χ2v) is 3.74. The second-order valence-electron chi connectivity index (χ2n) is 3.74. The smallest absolute Gasteiger partial charge is 0.165 e. The molecular weight excluding hydrogens is 234 g/mol. The van der Waals surface area contributed by atoms with Crippen molar-refractivity contribution in [2.75, 3.05) is 0 Å². The van der Waals surface area contributed by atoms with E-state index in [0.29, 0.717) is 11.1 Å². The van der Waals surface area contributed by atoms with Gasteiger partial charge < -0.3 is 5.11 Å². The monoisotopic (exact) mass is 244 g/mol. The molecule has 0 saturated carbocycles. The number of hydrogen-bond acceptors (Lipinski definition) is 1. The van der Waals surface area contributed by atoms with Crippen LogP contribution in [-0.2, 0) is 0 Å². The van der Waals surface area contributed by atoms with Crippen LogP contribution in [0.2, 0.25) is 0 Å². The highest BCUT2D eigenvalue weighted by molar-refractivity contribution is 5.66. The minimum atomic E-state index is -0.774. The molecule has 0 radical (unpaired) electrons. The molecule has 0 fully saturated rings. The van der Waals surface area contributed by atoms with E-state index < -0.39 is 17.4 Å². The number of aromatic hydroxyl groups is 1. The predicted molar refractivity (Wildman–Crippen MR) is 66.0 cm³/mol. The van der Waals surface area contributed by atoms with E-state index in [-0.39, 0.29) is 5.56 Å². The van der Waals surface area contributed by atoms with Gasteiger partial charge in [0, 0.05) is 11.1 Å². The Morgan fingerprint density at radius 3 is 2.39 bits per heavy atom. The molecule has 0 amide bonds. The average Bonchev–Trinajstić information content (AvgIpc) is 2.34. The topological polar surface area (TPSA) is 20.2 Å². The zero-order chi connectivity index (χ0) is 13.1. The summed E-state index contributed by atoms with van der Waals surface area (Å²) in [5.74, 6) is 3.72. The molecule has 3 heteroatoms. The van der Waals surface area contributed by atoms with Gasteiger partial charge in [0.1, 0.15) is 5.82 Å². The van der Waals surface area contributed by atoms with E-state index in [2.05, 4.69) is 11.8 Å². The number of phenols is 1. The summed E-state index contributed by atoms with van der Waals surface area (Å²) < 4.78 is 27.0. The Balaban J connectivity index is 2.49. The fourth-order valence-electron chi connectivity index (χ4n) is 1.65. The highest BCUT2D eigenvalue weighted by atomic mass is 19.1. The lowest BCUT2D eigenvalue weighted by molar-refractivity contribution is 0.432. The zero-order valence-electron chi connectivity index (χ0n) is 9.67. The maximum absolute atomic E-state index is 13.8. The molecule has 1 nitrogen and oxygen atoms in total. The Kier molecular flexibility index (Phi) is 3.29. The Bertz CT molecular complexity index is 651. The van der Waals surface area contributed by atoms with Crippen molar-refractivity contribution in [3.63, 3.8) is 0 Å². The lowest BCUT2D eigenvalue weighted by atomic mass is 10.0. The van der Waals surface area contributed by atoms with Gasteiger partial charge in [-0.2, -0.15) is 0 Å². The van der Waals surface area contributed by atoms with Gasteiger partial charge in [0.05, 0.1) is 0 Å². The van der Waals surface area contributed by atoms with E-state index in [4.69, 9.17) is 5.11 Å². The van der Waals surface area contributed by atoms with Crippen molar-refractivity contribution in [2.45, 2.75) is 6.92 Å². The molecule has 18 heavy (non-hydrogen) atoms. The summed E-state index contributed by atoms with van der Waals surface area (Å²) in [6.45, 7) is 1.67. The Morgan fingerprint density at radius 1 is 1.00 bits per heavy atom. The van der Waals surface area contributed by atoms with Crippen LogP contribution in [0.5, 0.6) is 5.75 Å². The molecule has 0 bridgehead atoms. The highest BCUT2D eigenvalue weighted by Crippen LogP contribution is 2.27. The molecule has 0 aliphatic carbocycles. The largest absolute Gasteiger partial charge is 0.505 e. The number of hydrogen-bond donors (Lipinski definition) is 1. The van der Waals surface area contributed by atoms with E-state index in [0.717, 1.165) is 6.07 Å². The van der Waals surface area contributed by atoms with Crippen LogP contribution in [0.3, 0.4) is 0 Å². The summed E-state index contributed by atoms with van der Waals surface area (Å²) in [7, 11) is 0. The van der Waals surface area contributed by atoms with Crippen molar-refractivity contribution in [2.24, 2.45) is 0 Å². The van der Waals surface area contributed by atoms with Gasteiger partial charge in [-0.05, 0) is 36.8 Å². The summed E-state index contributed by atoms with van der Waals surface area (Å²) in [6, 6.07) is 8.27. The molecule has 0 spiro atoms. The molecule has 0 aromatic heterocycles. The van der Waals surface area contributed by atoms with Crippen molar-refractivity contribution in [1.29, 1.82) is 0 Å². The summed E-state index contributed by atoms with van der Waals surface area (Å²) in [4.78, 5) is 0. The molecule has 2 aromatic rings. The molecule has 1 N–H and O–H groups in total. The van der Waals surface area contributed by atoms with Gasteiger partial charge in [-0.1, -0.05) is 18.1 Å². The predicted octanol–water partition coefficient (Wildman–Crippen LogP) is 3.71. The Morgan fingerprint density at radius 2 is 1.78 bits per heavy atom. The average molecular weight is 244 g/mol. The van der Waals surface area contributed by atoms with Crippen LogP contribution < -0.4 is 0 Å². The fourth-order valence-corrected chi connectivity index (χ4v) is 1.65. The molecule has 0 saturated heterocycles. The minimum Gasteiger partial charge on any atom is -0.505 e. The maximum Gasteiger partial charge on any atom is 0.165 e. The SMILES string of the molecule is CC#Cc1ccc(-c2ccc(O)c(F)c2)c(F)c1. The van der Waals surface area contributed by atoms with Crippen molar-refractivity contribution in [1.82, 2.24) is 0 Å². The summed E-state index contributed by atoms with van der Waals surface area (Å²) in [5, 5.41) is 9.09. The number of halogens is 2. The summed E-state index contributed by atoms with van der Waals surface area (Å²) in [6.07, 6.45) is 0. The second kappa shape index (κ2) is 4.89. The molecule has 0 unspecified atom stereocenters. The van der Waals surface area contributed by atoms with E-state index in [1.807, 2.05) is 0 Å². The van der Waals surface area contributed by atoms with Crippen LogP contribution >= 0.6 is 0 Å². The standard InChI is InChI=1S/C15H10F2O/c1-2-3-10-4-6-12(13(16)8-10)11-5-7-15(18)14(17)9-11/h4-9,18H,1H3. The minimum absolute atomic E-state index is 0.274. The third kappa shape index (κ3) is 2.33. The summed E-state index contributed by atoms with van der Waals surface area (Å²) >= 11 is 0. The van der Waals surface area contributed by atoms with E-state index in [9.17, 15) is 8.78 Å². The summed E-state index contributed by atoms with van der Waals surface area (Å²) in [5.41, 5.74) is 1.22. The molecule has 2 rings (SSSR count). The van der Waals surface area contributed by atoms with Crippen LogP contribution in [0, 0.1) is 23.5 Å². The van der Waals surface area contributed by atoms with Gasteiger partial charge in [0.25, 0.3) is 0 Å². The molecule has 0 aliphatic heterocycles. The third-order valence-corrected chi connectivity index (χ3v) is 2.50. The normalized spacial score (nSPS) is 9.72. The van der Waals surface area contributed by atoms with Crippen molar-refractivity contribution >= 4 is 0 Å². The zero-order valence-corrected chi connectivity index (χ0v) is 9.67. The lowest BCUT2D eigenvalue weighted by Crippen LogP contribution is -1.87. The van der Waals surface area contributed by atoms with Crippen LogP contribution in [0.25, 0.3) is 11.1 Å². The first kappa shape index (κ1) is 12.1. The maximum atomic E-state index is 13.8. The van der Waals surface area contributed by atoms with Crippen molar-refractivity contribution < 1.29 is 13.9 Å². The van der Waals surface area contributed by atoms with Crippen LogP contribution in [0.15, 0.2) is 36.4 Å². The molecule has 0 aliphatic rings. The van der Waals surface area contributed by atoms with E-state index >= 15 is 0 Å².